The molecule has 4 saturated carbocycles. The van der Waals surface area contributed by atoms with Crippen LogP contribution in [0.3, 0.4) is 0 Å². The second kappa shape index (κ2) is 5.66. The number of hydrogen-bond donors (Lipinski definition) is 2. The quantitative estimate of drug-likeness (QED) is 0.572. The Labute approximate surface area is 161 Å². The van der Waals surface area contributed by atoms with E-state index in [1.165, 1.54) is 6.92 Å². The Hall–Kier alpha value is -1.20. The van der Waals surface area contributed by atoms with E-state index < -0.39 is 17.1 Å². The van der Waals surface area contributed by atoms with Gasteiger partial charge in [0, 0.05) is 36.9 Å². The second-order valence-corrected chi connectivity index (χ2v) is 10.3. The summed E-state index contributed by atoms with van der Waals surface area (Å²) in [5, 5.41) is 21.3. The molecule has 4 aliphatic rings. The first-order valence-electron chi connectivity index (χ1n) is 10.3. The van der Waals surface area contributed by atoms with Gasteiger partial charge in [0.05, 0.1) is 5.60 Å². The number of aliphatic hydroxyl groups excluding tert-OH is 1. The van der Waals surface area contributed by atoms with Crippen molar-refractivity contribution in [3.63, 3.8) is 0 Å². The van der Waals surface area contributed by atoms with Crippen molar-refractivity contribution in [2.45, 2.75) is 77.4 Å². The molecular formula is C22H32O5. The maximum atomic E-state index is 13.4. The van der Waals surface area contributed by atoms with Crippen LogP contribution in [-0.4, -0.2) is 40.3 Å². The maximum absolute atomic E-state index is 13.4. The Kier molecular flexibility index (Phi) is 4.01. The zero-order chi connectivity index (χ0) is 19.8. The highest BCUT2D eigenvalue weighted by atomic mass is 16.5. The smallest absolute Gasteiger partial charge is 0.302 e. The summed E-state index contributed by atoms with van der Waals surface area (Å²) < 4.78 is 5.76. The highest BCUT2D eigenvalue weighted by Gasteiger charge is 2.73. The molecule has 0 radical (unpaired) electrons. The largest absolute Gasteiger partial charge is 0.462 e. The van der Waals surface area contributed by atoms with Crippen LogP contribution >= 0.6 is 0 Å². The number of ketones is 1. The van der Waals surface area contributed by atoms with Gasteiger partial charge in [0.15, 0.2) is 5.78 Å². The van der Waals surface area contributed by atoms with E-state index >= 15 is 0 Å². The molecule has 2 bridgehead atoms. The van der Waals surface area contributed by atoms with Gasteiger partial charge in [-0.1, -0.05) is 26.8 Å². The van der Waals surface area contributed by atoms with E-state index in [0.717, 1.165) is 25.7 Å². The van der Waals surface area contributed by atoms with Crippen molar-refractivity contribution in [3.05, 3.63) is 12.2 Å². The van der Waals surface area contributed by atoms with Gasteiger partial charge in [-0.2, -0.15) is 0 Å². The van der Waals surface area contributed by atoms with Gasteiger partial charge in [0.2, 0.25) is 0 Å². The van der Waals surface area contributed by atoms with Crippen LogP contribution in [0, 0.1) is 28.1 Å². The van der Waals surface area contributed by atoms with Crippen LogP contribution in [0.1, 0.15) is 65.7 Å². The third-order valence-corrected chi connectivity index (χ3v) is 8.77. The number of esters is 1. The van der Waals surface area contributed by atoms with Gasteiger partial charge >= 0.3 is 5.97 Å². The molecule has 0 amide bonds. The van der Waals surface area contributed by atoms with Crippen molar-refractivity contribution in [1.82, 2.24) is 0 Å². The summed E-state index contributed by atoms with van der Waals surface area (Å²) in [5.74, 6) is -0.263. The van der Waals surface area contributed by atoms with E-state index in [1.54, 1.807) is 0 Å². The highest BCUT2D eigenvalue weighted by Crippen LogP contribution is 2.72. The molecule has 2 N–H and O–H groups in total. The molecular weight excluding hydrogens is 344 g/mol. The molecule has 4 rings (SSSR count). The summed E-state index contributed by atoms with van der Waals surface area (Å²) in [4.78, 5) is 25.3. The van der Waals surface area contributed by atoms with E-state index in [0.29, 0.717) is 18.4 Å². The maximum Gasteiger partial charge on any atom is 0.302 e. The number of rotatable bonds is 2. The normalized spacial score (nSPS) is 51.5. The standard InChI is InChI=1S/C22H32O5/c1-13-18(25)21-9-6-16-19(3,12-23)7-5-8-20(16,4)17(21)15(27-14(2)24)10-22(13,26)11-21/h15-17,23,26H,1,5-12H2,2-4H3/t15-,16-,17-,19-,20-,21+,22-/m0/s1. The second-order valence-electron chi connectivity index (χ2n) is 10.3. The highest BCUT2D eigenvalue weighted by molar-refractivity contribution is 6.05. The third-order valence-electron chi connectivity index (χ3n) is 8.77. The first kappa shape index (κ1) is 19.1. The van der Waals surface area contributed by atoms with Crippen LogP contribution in [-0.2, 0) is 14.3 Å². The summed E-state index contributed by atoms with van der Waals surface area (Å²) in [7, 11) is 0. The van der Waals surface area contributed by atoms with Crippen molar-refractivity contribution in [1.29, 1.82) is 0 Å². The zero-order valence-corrected chi connectivity index (χ0v) is 16.7. The molecule has 0 aromatic rings. The van der Waals surface area contributed by atoms with Crippen LogP contribution in [0.4, 0.5) is 0 Å². The Morgan fingerprint density at radius 3 is 2.63 bits per heavy atom. The molecule has 0 unspecified atom stereocenters. The van der Waals surface area contributed by atoms with E-state index in [4.69, 9.17) is 4.74 Å². The average Bonchev–Trinajstić information content (AvgIpc) is 2.71. The molecule has 27 heavy (non-hydrogen) atoms. The van der Waals surface area contributed by atoms with Gasteiger partial charge in [0.25, 0.3) is 0 Å². The zero-order valence-electron chi connectivity index (χ0n) is 16.7. The number of Topliss-reactive ketones (excluding diaryl/α,β-unsaturated/α-hetero) is 1. The van der Waals surface area contributed by atoms with Gasteiger partial charge in [-0.25, -0.2) is 0 Å². The fourth-order valence-corrected chi connectivity index (χ4v) is 7.87. The third kappa shape index (κ3) is 2.30. The van der Waals surface area contributed by atoms with Crippen molar-refractivity contribution < 1.29 is 24.5 Å². The Balaban J connectivity index is 1.86. The lowest BCUT2D eigenvalue weighted by Gasteiger charge is -2.64. The van der Waals surface area contributed by atoms with Gasteiger partial charge < -0.3 is 14.9 Å². The first-order valence-corrected chi connectivity index (χ1v) is 10.3. The predicted molar refractivity (Wildman–Crippen MR) is 99.7 cm³/mol. The van der Waals surface area contributed by atoms with Crippen LogP contribution in [0.5, 0.6) is 0 Å². The minimum atomic E-state index is -1.26. The van der Waals surface area contributed by atoms with Crippen molar-refractivity contribution in [2.24, 2.45) is 28.1 Å². The molecule has 0 aromatic carbocycles. The molecule has 7 atom stereocenters. The molecule has 4 fully saturated rings. The number of fused-ring (bicyclic) bond motifs is 3. The summed E-state index contributed by atoms with van der Waals surface area (Å²) in [5.41, 5.74) is -2.04. The summed E-state index contributed by atoms with van der Waals surface area (Å²) in [6.45, 7) is 9.85. The van der Waals surface area contributed by atoms with Crippen molar-refractivity contribution in [3.8, 4) is 0 Å². The summed E-state index contributed by atoms with van der Waals surface area (Å²) in [6.07, 6.45) is 4.61. The minimum Gasteiger partial charge on any atom is -0.462 e. The lowest BCUT2D eigenvalue weighted by atomic mass is 9.40. The van der Waals surface area contributed by atoms with Gasteiger partial charge in [-0.05, 0) is 48.9 Å². The summed E-state index contributed by atoms with van der Waals surface area (Å²) >= 11 is 0. The van der Waals surface area contributed by atoms with E-state index in [-0.39, 0.29) is 47.4 Å². The van der Waals surface area contributed by atoms with Crippen molar-refractivity contribution in [2.75, 3.05) is 6.61 Å². The van der Waals surface area contributed by atoms with E-state index in [9.17, 15) is 19.8 Å². The van der Waals surface area contributed by atoms with Crippen molar-refractivity contribution >= 4 is 11.8 Å². The van der Waals surface area contributed by atoms with E-state index in [2.05, 4.69) is 20.4 Å². The average molecular weight is 376 g/mol. The SMILES string of the molecule is C=C1C(=O)[C@@]23CC[C@H]4[C@](C)(CO)CCC[C@]4(C)[C@@H]2[C@@H](OC(C)=O)C[C@]1(O)C3. The molecule has 5 nitrogen and oxygen atoms in total. The number of carbonyl (C=O) groups is 2. The topological polar surface area (TPSA) is 83.8 Å². The molecule has 0 heterocycles. The first-order chi connectivity index (χ1) is 12.5. The minimum absolute atomic E-state index is 0.0272. The van der Waals surface area contributed by atoms with Gasteiger partial charge in [-0.3, -0.25) is 9.59 Å². The monoisotopic (exact) mass is 376 g/mol. The summed E-state index contributed by atoms with van der Waals surface area (Å²) in [6, 6.07) is 0. The van der Waals surface area contributed by atoms with Crippen LogP contribution in [0.25, 0.3) is 0 Å². The van der Waals surface area contributed by atoms with Crippen LogP contribution < -0.4 is 0 Å². The fraction of sp³-hybridized carbons (Fsp3) is 0.818. The molecule has 5 heteroatoms. The number of hydrogen-bond acceptors (Lipinski definition) is 5. The predicted octanol–water partition coefficient (Wildman–Crippen LogP) is 2.78. The van der Waals surface area contributed by atoms with Crippen LogP contribution in [0.15, 0.2) is 12.2 Å². The molecule has 150 valence electrons. The van der Waals surface area contributed by atoms with Crippen LogP contribution in [0.2, 0.25) is 0 Å². The Bertz CT molecular complexity index is 715. The molecule has 4 aliphatic carbocycles. The lowest BCUT2D eigenvalue weighted by molar-refractivity contribution is -0.217. The molecule has 0 aromatic heterocycles. The molecule has 1 spiro atoms. The lowest BCUT2D eigenvalue weighted by Crippen LogP contribution is -2.64. The number of ether oxygens (including phenoxy) is 1. The molecule has 0 aliphatic heterocycles. The van der Waals surface area contributed by atoms with E-state index in [1.807, 2.05) is 0 Å². The Morgan fingerprint density at radius 1 is 1.30 bits per heavy atom. The fourth-order valence-electron chi connectivity index (χ4n) is 7.87. The number of carbonyl (C=O) groups excluding carboxylic acids is 2. The number of aliphatic hydroxyl groups is 2. The Morgan fingerprint density at radius 2 is 2.00 bits per heavy atom. The van der Waals surface area contributed by atoms with Gasteiger partial charge in [0.1, 0.15) is 6.10 Å². The molecule has 0 saturated heterocycles. The van der Waals surface area contributed by atoms with Gasteiger partial charge in [-0.15, -0.1) is 0 Å².